The molecule has 0 aromatic heterocycles. The molecule has 0 unspecified atom stereocenters. The quantitative estimate of drug-likeness (QED) is 0.547. The van der Waals surface area contributed by atoms with Crippen LogP contribution in [0.1, 0.15) is 44.5 Å². The van der Waals surface area contributed by atoms with Crippen LogP contribution in [0.25, 0.3) is 0 Å². The number of hydrogen-bond donors (Lipinski definition) is 2. The van der Waals surface area contributed by atoms with Crippen LogP contribution >= 0.6 is 24.0 Å². The summed E-state index contributed by atoms with van der Waals surface area (Å²) in [6.07, 6.45) is 0.201. The lowest BCUT2D eigenvalue weighted by molar-refractivity contribution is -0.150. The molecule has 0 saturated heterocycles. The van der Waals surface area contributed by atoms with Crippen molar-refractivity contribution in [3.63, 3.8) is 0 Å². The van der Waals surface area contributed by atoms with Crippen molar-refractivity contribution in [3.05, 3.63) is 22.7 Å². The maximum absolute atomic E-state index is 12.6. The smallest absolute Gasteiger partial charge is 0.328 e. The van der Waals surface area contributed by atoms with Gasteiger partial charge in [0.2, 0.25) is 0 Å². The number of nitrogen functional groups attached to an aromatic ring is 1. The van der Waals surface area contributed by atoms with E-state index in [1.54, 1.807) is 13.8 Å². The third kappa shape index (κ3) is 7.00. The van der Waals surface area contributed by atoms with Gasteiger partial charge in [0.15, 0.2) is 0 Å². The molecule has 1 atom stereocenters. The van der Waals surface area contributed by atoms with Crippen molar-refractivity contribution in [2.45, 2.75) is 46.3 Å². The van der Waals surface area contributed by atoms with E-state index in [-0.39, 0.29) is 40.8 Å². The van der Waals surface area contributed by atoms with Crippen molar-refractivity contribution >= 4 is 41.6 Å². The normalized spacial score (nSPS) is 11.7. The summed E-state index contributed by atoms with van der Waals surface area (Å²) >= 11 is 5.99. The van der Waals surface area contributed by atoms with Gasteiger partial charge in [-0.2, -0.15) is 0 Å². The monoisotopic (exact) mass is 392 g/mol. The maximum atomic E-state index is 12.6. The fourth-order valence-electron chi connectivity index (χ4n) is 2.15. The lowest BCUT2D eigenvalue weighted by atomic mass is 10.0. The number of methoxy groups -OCH3 is 1. The Bertz CT molecular complexity index is 607. The molecule has 3 N–H and O–H groups in total. The molecular formula is C17H26Cl2N2O4. The predicted octanol–water partition coefficient (Wildman–Crippen LogP) is 3.45. The molecule has 0 aliphatic heterocycles. The molecule has 0 aliphatic rings. The van der Waals surface area contributed by atoms with Gasteiger partial charge in [-0.1, -0.05) is 25.4 Å². The molecule has 8 heteroatoms. The largest absolute Gasteiger partial charge is 0.496 e. The Labute approximate surface area is 159 Å². The topological polar surface area (TPSA) is 90.6 Å². The van der Waals surface area contributed by atoms with Crippen molar-refractivity contribution in [2.75, 3.05) is 12.8 Å². The first-order valence-electron chi connectivity index (χ1n) is 7.80. The number of rotatable bonds is 7. The molecule has 0 radical (unpaired) electrons. The molecule has 1 aromatic carbocycles. The zero-order valence-corrected chi connectivity index (χ0v) is 16.7. The Morgan fingerprint density at radius 2 is 1.84 bits per heavy atom. The van der Waals surface area contributed by atoms with Crippen LogP contribution in [0.5, 0.6) is 5.75 Å². The maximum Gasteiger partial charge on any atom is 0.328 e. The molecule has 0 saturated carbocycles. The standard InChI is InChI=1S/C17H25ClN2O4.ClH/c1-9(2)6-14(17(22)24-10(3)4)20-16(21)11-7-12(18)13(19)8-15(11)23-5;/h7-10,14H,6,19H2,1-5H3,(H,20,21);1H/t14-;/m0./s1. The number of hydrogen-bond acceptors (Lipinski definition) is 5. The fraction of sp³-hybridized carbons (Fsp3) is 0.529. The zero-order chi connectivity index (χ0) is 18.4. The number of nitrogens with two attached hydrogens (primary N) is 1. The van der Waals surface area contributed by atoms with Crippen LogP contribution in [0.15, 0.2) is 12.1 Å². The average Bonchev–Trinajstić information content (AvgIpc) is 2.47. The molecule has 0 aliphatic carbocycles. The number of benzene rings is 1. The van der Waals surface area contributed by atoms with Crippen molar-refractivity contribution in [1.82, 2.24) is 5.32 Å². The summed E-state index contributed by atoms with van der Waals surface area (Å²) in [5.41, 5.74) is 6.24. The molecule has 0 spiro atoms. The average molecular weight is 393 g/mol. The third-order valence-corrected chi connectivity index (χ3v) is 3.54. The SMILES string of the molecule is COc1cc(N)c(Cl)cc1C(=O)N[C@@H](CC(C)C)C(=O)OC(C)C.Cl. The minimum absolute atomic E-state index is 0. The summed E-state index contributed by atoms with van der Waals surface area (Å²) < 4.78 is 10.4. The van der Waals surface area contributed by atoms with E-state index in [9.17, 15) is 9.59 Å². The van der Waals surface area contributed by atoms with Gasteiger partial charge in [0.25, 0.3) is 5.91 Å². The van der Waals surface area contributed by atoms with Crippen LogP contribution in [0.4, 0.5) is 5.69 Å². The van der Waals surface area contributed by atoms with E-state index in [2.05, 4.69) is 5.32 Å². The fourth-order valence-corrected chi connectivity index (χ4v) is 2.32. The van der Waals surface area contributed by atoms with Gasteiger partial charge in [-0.3, -0.25) is 4.79 Å². The first kappa shape index (κ1) is 23.3. The molecule has 1 rings (SSSR count). The van der Waals surface area contributed by atoms with E-state index in [1.807, 2.05) is 13.8 Å². The van der Waals surface area contributed by atoms with E-state index in [0.29, 0.717) is 12.1 Å². The second kappa shape index (κ2) is 10.4. The van der Waals surface area contributed by atoms with Gasteiger partial charge in [0.05, 0.1) is 29.5 Å². The van der Waals surface area contributed by atoms with Crippen molar-refractivity contribution in [1.29, 1.82) is 0 Å². The van der Waals surface area contributed by atoms with E-state index < -0.39 is 17.9 Å². The lowest BCUT2D eigenvalue weighted by Crippen LogP contribution is -2.43. The first-order chi connectivity index (χ1) is 11.1. The zero-order valence-electron chi connectivity index (χ0n) is 15.1. The molecule has 25 heavy (non-hydrogen) atoms. The highest BCUT2D eigenvalue weighted by Crippen LogP contribution is 2.29. The number of ether oxygens (including phenoxy) is 2. The van der Waals surface area contributed by atoms with Gasteiger partial charge >= 0.3 is 5.97 Å². The molecular weight excluding hydrogens is 367 g/mol. The van der Waals surface area contributed by atoms with Crippen molar-refractivity contribution < 1.29 is 19.1 Å². The number of carbonyl (C=O) groups is 2. The van der Waals surface area contributed by atoms with Crippen LogP contribution in [-0.4, -0.2) is 31.1 Å². The second-order valence-electron chi connectivity index (χ2n) is 6.22. The Balaban J connectivity index is 0.00000576. The number of halogens is 2. The number of nitrogens with one attached hydrogen (secondary N) is 1. The number of anilines is 1. The summed E-state index contributed by atoms with van der Waals surface area (Å²) in [4.78, 5) is 24.8. The van der Waals surface area contributed by atoms with Crippen molar-refractivity contribution in [3.8, 4) is 5.75 Å². The third-order valence-electron chi connectivity index (χ3n) is 3.21. The highest BCUT2D eigenvalue weighted by Gasteiger charge is 2.26. The second-order valence-corrected chi connectivity index (χ2v) is 6.62. The summed E-state index contributed by atoms with van der Waals surface area (Å²) in [7, 11) is 1.43. The summed E-state index contributed by atoms with van der Waals surface area (Å²) in [6.45, 7) is 7.44. The van der Waals surface area contributed by atoms with Gasteiger partial charge in [-0.05, 0) is 32.3 Å². The predicted molar refractivity (Wildman–Crippen MR) is 102 cm³/mol. The van der Waals surface area contributed by atoms with Crippen LogP contribution in [0.2, 0.25) is 5.02 Å². The Hall–Kier alpha value is -1.66. The molecule has 1 amide bonds. The minimum Gasteiger partial charge on any atom is -0.496 e. The van der Waals surface area contributed by atoms with Gasteiger partial charge in [-0.25, -0.2) is 4.79 Å². The van der Waals surface area contributed by atoms with Crippen LogP contribution in [-0.2, 0) is 9.53 Å². The molecule has 1 aromatic rings. The van der Waals surface area contributed by atoms with Crippen LogP contribution < -0.4 is 15.8 Å². The first-order valence-corrected chi connectivity index (χ1v) is 8.17. The van der Waals surface area contributed by atoms with Gasteiger partial charge in [0.1, 0.15) is 11.8 Å². The van der Waals surface area contributed by atoms with E-state index in [1.165, 1.54) is 19.2 Å². The molecule has 0 fully saturated rings. The summed E-state index contributed by atoms with van der Waals surface area (Å²) in [6, 6.07) is 2.15. The van der Waals surface area contributed by atoms with Gasteiger partial charge < -0.3 is 20.5 Å². The summed E-state index contributed by atoms with van der Waals surface area (Å²) in [5, 5.41) is 2.94. The van der Waals surface area contributed by atoms with E-state index in [0.717, 1.165) is 0 Å². The lowest BCUT2D eigenvalue weighted by Gasteiger charge is -2.21. The van der Waals surface area contributed by atoms with Crippen molar-refractivity contribution in [2.24, 2.45) is 5.92 Å². The van der Waals surface area contributed by atoms with Gasteiger partial charge in [-0.15, -0.1) is 12.4 Å². The van der Waals surface area contributed by atoms with Crippen LogP contribution in [0.3, 0.4) is 0 Å². The Kier molecular flexibility index (Phi) is 9.67. The minimum atomic E-state index is -0.749. The number of amides is 1. The molecule has 142 valence electrons. The molecule has 0 bridgehead atoms. The van der Waals surface area contributed by atoms with E-state index >= 15 is 0 Å². The van der Waals surface area contributed by atoms with Gasteiger partial charge in [0, 0.05) is 6.07 Å². The molecule has 6 nitrogen and oxygen atoms in total. The van der Waals surface area contributed by atoms with E-state index in [4.69, 9.17) is 26.8 Å². The number of esters is 1. The Morgan fingerprint density at radius 3 is 2.32 bits per heavy atom. The number of carbonyl (C=O) groups excluding carboxylic acids is 2. The van der Waals surface area contributed by atoms with Crippen LogP contribution in [0, 0.1) is 5.92 Å². The highest BCUT2D eigenvalue weighted by molar-refractivity contribution is 6.33. The Morgan fingerprint density at radius 1 is 1.24 bits per heavy atom. The summed E-state index contributed by atoms with van der Waals surface area (Å²) in [5.74, 6) is -0.450. The molecule has 0 heterocycles. The highest BCUT2D eigenvalue weighted by atomic mass is 35.5.